The number of benzene rings is 2. The number of ether oxygens (including phenoxy) is 1. The molecule has 7 nitrogen and oxygen atoms in total. The molecule has 31 heavy (non-hydrogen) atoms. The Hall–Kier alpha value is -2.87. The second-order valence-electron chi connectivity index (χ2n) is 8.09. The summed E-state index contributed by atoms with van der Waals surface area (Å²) in [4.78, 5) is 26.4. The average Bonchev–Trinajstić information content (AvgIpc) is 2.72. The molecule has 0 atom stereocenters. The first kappa shape index (κ1) is 22.8. The summed E-state index contributed by atoms with van der Waals surface area (Å²) < 4.78 is 33.5. The van der Waals surface area contributed by atoms with E-state index >= 15 is 0 Å². The number of nitrogens with one attached hydrogen (secondary N) is 1. The van der Waals surface area contributed by atoms with Crippen LogP contribution in [0, 0.1) is 19.8 Å². The van der Waals surface area contributed by atoms with E-state index in [4.69, 9.17) is 4.74 Å². The molecule has 3 rings (SSSR count). The minimum absolute atomic E-state index is 0.0141. The van der Waals surface area contributed by atoms with Crippen molar-refractivity contribution in [3.05, 3.63) is 59.2 Å². The van der Waals surface area contributed by atoms with E-state index in [9.17, 15) is 18.0 Å². The minimum Gasteiger partial charge on any atom is -0.452 e. The van der Waals surface area contributed by atoms with Crippen LogP contribution in [0.3, 0.4) is 0 Å². The fourth-order valence-electron chi connectivity index (χ4n) is 3.50. The summed E-state index contributed by atoms with van der Waals surface area (Å²) in [5.74, 6) is -0.375. The van der Waals surface area contributed by atoms with Gasteiger partial charge in [-0.05, 0) is 68.0 Å². The van der Waals surface area contributed by atoms with Gasteiger partial charge in [0.1, 0.15) is 0 Å². The fraction of sp³-hybridized carbons (Fsp3) is 0.391. The number of nitrogens with zero attached hydrogens (tertiary/aromatic N) is 1. The lowest BCUT2D eigenvalue weighted by Crippen LogP contribution is -2.40. The van der Waals surface area contributed by atoms with Crippen LogP contribution in [-0.2, 0) is 19.6 Å². The number of carbonyl (C=O) groups excluding carboxylic acids is 2. The van der Waals surface area contributed by atoms with Crippen LogP contribution >= 0.6 is 0 Å². The van der Waals surface area contributed by atoms with E-state index in [1.165, 1.54) is 12.1 Å². The number of aryl methyl sites for hydroxylation is 2. The largest absolute Gasteiger partial charge is 0.452 e. The van der Waals surface area contributed by atoms with E-state index in [2.05, 4.69) is 11.6 Å². The van der Waals surface area contributed by atoms with Crippen molar-refractivity contribution in [2.45, 2.75) is 38.5 Å². The second-order valence-corrected chi connectivity index (χ2v) is 9.75. The van der Waals surface area contributed by atoms with Gasteiger partial charge in [-0.3, -0.25) is 9.52 Å². The summed E-state index contributed by atoms with van der Waals surface area (Å²) in [5, 5.41) is 0. The normalized spacial score (nSPS) is 14.9. The molecule has 0 unspecified atom stereocenters. The zero-order valence-corrected chi connectivity index (χ0v) is 18.9. The molecular weight excluding hydrogens is 416 g/mol. The Bertz CT molecular complexity index is 1070. The van der Waals surface area contributed by atoms with Crippen molar-refractivity contribution < 1.29 is 22.7 Å². The number of hydrogen-bond acceptors (Lipinski definition) is 5. The molecule has 0 saturated carbocycles. The Morgan fingerprint density at radius 3 is 2.48 bits per heavy atom. The molecule has 0 aliphatic carbocycles. The molecule has 0 aromatic heterocycles. The van der Waals surface area contributed by atoms with Crippen molar-refractivity contribution in [2.75, 3.05) is 24.4 Å². The highest BCUT2D eigenvalue weighted by Crippen LogP contribution is 2.22. The van der Waals surface area contributed by atoms with Gasteiger partial charge in [0.15, 0.2) is 6.61 Å². The molecule has 1 heterocycles. The molecular formula is C23H28N2O5S. The maximum Gasteiger partial charge on any atom is 0.338 e. The standard InChI is InChI=1S/C23H28N2O5S/c1-16-9-11-25(12-10-16)22(26)15-30-23(27)19-8-7-18(3)21(14-19)31(28,29)24-20-6-4-5-17(2)13-20/h4-8,13-14,16,24H,9-12,15H2,1-3H3. The van der Waals surface area contributed by atoms with Crippen LogP contribution in [0.15, 0.2) is 47.4 Å². The lowest BCUT2D eigenvalue weighted by Gasteiger charge is -2.30. The van der Waals surface area contributed by atoms with Gasteiger partial charge in [0.05, 0.1) is 10.5 Å². The van der Waals surface area contributed by atoms with E-state index in [1.54, 1.807) is 36.1 Å². The number of carbonyl (C=O) groups is 2. The van der Waals surface area contributed by atoms with Crippen LogP contribution in [0.2, 0.25) is 0 Å². The Kier molecular flexibility index (Phi) is 7.00. The van der Waals surface area contributed by atoms with Gasteiger partial charge in [0.2, 0.25) is 0 Å². The first-order valence-corrected chi connectivity index (χ1v) is 11.8. The molecule has 1 aliphatic heterocycles. The summed E-state index contributed by atoms with van der Waals surface area (Å²) in [5.41, 5.74) is 1.93. The molecule has 0 spiro atoms. The first-order valence-electron chi connectivity index (χ1n) is 10.3. The highest BCUT2D eigenvalue weighted by molar-refractivity contribution is 7.92. The Balaban J connectivity index is 1.69. The van der Waals surface area contributed by atoms with Crippen molar-refractivity contribution in [3.63, 3.8) is 0 Å². The number of piperidine rings is 1. The van der Waals surface area contributed by atoms with Crippen LogP contribution in [0.25, 0.3) is 0 Å². The number of amides is 1. The number of hydrogen-bond donors (Lipinski definition) is 1. The van der Waals surface area contributed by atoms with Gasteiger partial charge in [0.25, 0.3) is 15.9 Å². The summed E-state index contributed by atoms with van der Waals surface area (Å²) >= 11 is 0. The molecule has 1 aliphatic rings. The summed E-state index contributed by atoms with van der Waals surface area (Å²) in [7, 11) is -3.90. The average molecular weight is 445 g/mol. The highest BCUT2D eigenvalue weighted by Gasteiger charge is 2.23. The first-order chi connectivity index (χ1) is 14.7. The molecule has 1 saturated heterocycles. The highest BCUT2D eigenvalue weighted by atomic mass is 32.2. The lowest BCUT2D eigenvalue weighted by atomic mass is 9.99. The number of rotatable bonds is 6. The van der Waals surface area contributed by atoms with Gasteiger partial charge in [-0.2, -0.15) is 0 Å². The number of esters is 1. The topological polar surface area (TPSA) is 92.8 Å². The van der Waals surface area contributed by atoms with Crippen LogP contribution in [-0.4, -0.2) is 44.9 Å². The van der Waals surface area contributed by atoms with Gasteiger partial charge in [-0.25, -0.2) is 13.2 Å². The Morgan fingerprint density at radius 2 is 1.81 bits per heavy atom. The summed E-state index contributed by atoms with van der Waals surface area (Å²) in [6.45, 7) is 6.64. The van der Waals surface area contributed by atoms with Gasteiger partial charge in [-0.1, -0.05) is 25.1 Å². The molecule has 2 aromatic rings. The number of sulfonamides is 1. The molecule has 1 fully saturated rings. The zero-order valence-electron chi connectivity index (χ0n) is 18.1. The van der Waals surface area contributed by atoms with E-state index in [1.807, 2.05) is 13.0 Å². The maximum absolute atomic E-state index is 12.9. The predicted octanol–water partition coefficient (Wildman–Crippen LogP) is 3.52. The Labute approximate surface area is 183 Å². The molecule has 1 N–H and O–H groups in total. The van der Waals surface area contributed by atoms with E-state index in [-0.39, 0.29) is 23.0 Å². The zero-order chi connectivity index (χ0) is 22.6. The van der Waals surface area contributed by atoms with Crippen molar-refractivity contribution in [3.8, 4) is 0 Å². The third-order valence-electron chi connectivity index (χ3n) is 5.45. The SMILES string of the molecule is Cc1cccc(NS(=O)(=O)c2cc(C(=O)OCC(=O)N3CCC(C)CC3)ccc2C)c1. The summed E-state index contributed by atoms with van der Waals surface area (Å²) in [6, 6.07) is 11.3. The minimum atomic E-state index is -3.90. The van der Waals surface area contributed by atoms with Crippen molar-refractivity contribution in [1.29, 1.82) is 0 Å². The lowest BCUT2D eigenvalue weighted by molar-refractivity contribution is -0.135. The van der Waals surface area contributed by atoms with Crippen LogP contribution in [0.1, 0.15) is 41.3 Å². The van der Waals surface area contributed by atoms with Gasteiger partial charge >= 0.3 is 5.97 Å². The molecule has 0 bridgehead atoms. The molecule has 8 heteroatoms. The smallest absolute Gasteiger partial charge is 0.338 e. The van der Waals surface area contributed by atoms with Gasteiger partial charge in [-0.15, -0.1) is 0 Å². The van der Waals surface area contributed by atoms with Crippen LogP contribution in [0.5, 0.6) is 0 Å². The van der Waals surface area contributed by atoms with Crippen molar-refractivity contribution >= 4 is 27.6 Å². The van der Waals surface area contributed by atoms with Crippen LogP contribution < -0.4 is 4.72 Å². The molecule has 2 aromatic carbocycles. The quantitative estimate of drug-likeness (QED) is 0.688. The van der Waals surface area contributed by atoms with Crippen molar-refractivity contribution in [1.82, 2.24) is 4.90 Å². The van der Waals surface area contributed by atoms with E-state index in [0.717, 1.165) is 18.4 Å². The molecule has 166 valence electrons. The number of anilines is 1. The Morgan fingerprint density at radius 1 is 1.10 bits per heavy atom. The van der Waals surface area contributed by atoms with Crippen molar-refractivity contribution in [2.24, 2.45) is 5.92 Å². The molecule has 1 amide bonds. The van der Waals surface area contributed by atoms with Gasteiger partial charge in [0, 0.05) is 18.8 Å². The van der Waals surface area contributed by atoms with E-state index < -0.39 is 16.0 Å². The van der Waals surface area contributed by atoms with E-state index in [0.29, 0.717) is 30.3 Å². The monoisotopic (exact) mass is 444 g/mol. The third-order valence-corrected chi connectivity index (χ3v) is 6.97. The maximum atomic E-state index is 12.9. The fourth-order valence-corrected chi connectivity index (χ4v) is 4.82. The van der Waals surface area contributed by atoms with Crippen LogP contribution in [0.4, 0.5) is 5.69 Å². The molecule has 0 radical (unpaired) electrons. The summed E-state index contributed by atoms with van der Waals surface area (Å²) in [6.07, 6.45) is 1.87. The second kappa shape index (κ2) is 9.51. The third kappa shape index (κ3) is 5.85. The number of likely N-dealkylation sites (tertiary alicyclic amines) is 1. The predicted molar refractivity (Wildman–Crippen MR) is 118 cm³/mol. The van der Waals surface area contributed by atoms with Gasteiger partial charge < -0.3 is 9.64 Å².